The predicted molar refractivity (Wildman–Crippen MR) is 111 cm³/mol. The molecule has 2 aromatic heterocycles. The van der Waals surface area contributed by atoms with E-state index >= 15 is 0 Å². The Bertz CT molecular complexity index is 1150. The van der Waals surface area contributed by atoms with Crippen molar-refractivity contribution in [2.75, 3.05) is 19.5 Å². The molecule has 0 spiro atoms. The zero-order valence-corrected chi connectivity index (χ0v) is 16.6. The Morgan fingerprint density at radius 3 is 2.50 bits per heavy atom. The minimum absolute atomic E-state index is 0.282. The number of ether oxygens (including phenoxy) is 2. The van der Waals surface area contributed by atoms with Crippen molar-refractivity contribution >= 4 is 44.7 Å². The van der Waals surface area contributed by atoms with Crippen LogP contribution in [0.3, 0.4) is 0 Å². The molecule has 4 rings (SSSR count). The number of rotatable bonds is 5. The summed E-state index contributed by atoms with van der Waals surface area (Å²) in [6.07, 6.45) is 1.50. The molecule has 8 heteroatoms. The topological polar surface area (TPSA) is 56.3 Å². The summed E-state index contributed by atoms with van der Waals surface area (Å²) in [6, 6.07) is 9.76. The predicted octanol–water partition coefficient (Wildman–Crippen LogP) is 5.91. The fourth-order valence-electron chi connectivity index (χ4n) is 2.90. The summed E-state index contributed by atoms with van der Waals surface area (Å²) in [5.41, 5.74) is 2.45. The van der Waals surface area contributed by atoms with Gasteiger partial charge in [0, 0.05) is 23.1 Å². The highest BCUT2D eigenvalue weighted by atomic mass is 35.5. The van der Waals surface area contributed by atoms with Crippen molar-refractivity contribution in [3.63, 3.8) is 0 Å². The van der Waals surface area contributed by atoms with Crippen LogP contribution >= 0.6 is 22.9 Å². The minimum Gasteiger partial charge on any atom is -0.495 e. The first-order valence-corrected chi connectivity index (χ1v) is 9.53. The number of benzene rings is 2. The van der Waals surface area contributed by atoms with Gasteiger partial charge < -0.3 is 14.8 Å². The van der Waals surface area contributed by atoms with Gasteiger partial charge in [-0.2, -0.15) is 0 Å². The quantitative estimate of drug-likeness (QED) is 0.439. The van der Waals surface area contributed by atoms with Crippen molar-refractivity contribution in [1.29, 1.82) is 0 Å². The molecule has 28 heavy (non-hydrogen) atoms. The van der Waals surface area contributed by atoms with Gasteiger partial charge in [-0.15, -0.1) is 11.3 Å². The fraction of sp³-hybridized carbons (Fsp3) is 0.100. The molecule has 2 heterocycles. The maximum Gasteiger partial charge on any atom is 0.144 e. The Kier molecular flexibility index (Phi) is 5.02. The van der Waals surface area contributed by atoms with E-state index in [1.165, 1.54) is 29.8 Å². The number of hydrogen-bond donors (Lipinski definition) is 1. The molecule has 0 saturated heterocycles. The lowest BCUT2D eigenvalue weighted by Crippen LogP contribution is -1.99. The van der Waals surface area contributed by atoms with Crippen LogP contribution in [0.1, 0.15) is 0 Å². The van der Waals surface area contributed by atoms with E-state index < -0.39 is 0 Å². The highest BCUT2D eigenvalue weighted by molar-refractivity contribution is 7.17. The van der Waals surface area contributed by atoms with Crippen LogP contribution in [0.25, 0.3) is 21.3 Å². The van der Waals surface area contributed by atoms with Crippen LogP contribution in [0.15, 0.2) is 48.1 Å². The molecule has 0 fully saturated rings. The second-order valence-electron chi connectivity index (χ2n) is 5.87. The van der Waals surface area contributed by atoms with E-state index in [0.717, 1.165) is 21.3 Å². The third-order valence-electron chi connectivity index (χ3n) is 4.25. The molecular formula is C20H15ClFN3O2S. The van der Waals surface area contributed by atoms with Gasteiger partial charge in [0.2, 0.25) is 0 Å². The lowest BCUT2D eigenvalue weighted by molar-refractivity contribution is 0.405. The minimum atomic E-state index is -0.282. The maximum atomic E-state index is 13.3. The number of hydrogen-bond acceptors (Lipinski definition) is 6. The van der Waals surface area contributed by atoms with Crippen LogP contribution in [0.5, 0.6) is 11.5 Å². The van der Waals surface area contributed by atoms with Crippen LogP contribution in [0.4, 0.5) is 15.9 Å². The summed E-state index contributed by atoms with van der Waals surface area (Å²) < 4.78 is 24.1. The molecule has 0 bridgehead atoms. The molecule has 4 aromatic rings. The molecule has 5 nitrogen and oxygen atoms in total. The zero-order valence-electron chi connectivity index (χ0n) is 15.0. The van der Waals surface area contributed by atoms with Crippen molar-refractivity contribution in [2.45, 2.75) is 0 Å². The van der Waals surface area contributed by atoms with Gasteiger partial charge in [0.15, 0.2) is 0 Å². The molecule has 0 aliphatic heterocycles. The average molecular weight is 416 g/mol. The number of aromatic nitrogens is 2. The first-order chi connectivity index (χ1) is 13.6. The van der Waals surface area contributed by atoms with Gasteiger partial charge in [0.05, 0.1) is 30.3 Å². The number of anilines is 2. The van der Waals surface area contributed by atoms with Crippen molar-refractivity contribution in [3.05, 3.63) is 58.9 Å². The van der Waals surface area contributed by atoms with Crippen molar-refractivity contribution in [1.82, 2.24) is 9.97 Å². The summed E-state index contributed by atoms with van der Waals surface area (Å²) in [7, 11) is 3.11. The van der Waals surface area contributed by atoms with Gasteiger partial charge in [-0.3, -0.25) is 0 Å². The lowest BCUT2D eigenvalue weighted by atomic mass is 10.1. The van der Waals surface area contributed by atoms with Crippen molar-refractivity contribution < 1.29 is 13.9 Å². The molecular weight excluding hydrogens is 401 g/mol. The Hall–Kier alpha value is -2.90. The lowest BCUT2D eigenvalue weighted by Gasteiger charge is -2.14. The summed E-state index contributed by atoms with van der Waals surface area (Å²) >= 11 is 7.69. The third kappa shape index (κ3) is 3.34. The molecule has 1 N–H and O–H groups in total. The SMILES string of the molecule is COc1cc(Nc2ncnc3scc(-c4ccc(F)cc4)c23)c(OC)cc1Cl. The van der Waals surface area contributed by atoms with Gasteiger partial charge in [-0.05, 0) is 17.7 Å². The molecule has 2 aromatic carbocycles. The summed E-state index contributed by atoms with van der Waals surface area (Å²) in [5, 5.41) is 6.56. The highest BCUT2D eigenvalue weighted by Gasteiger charge is 2.16. The Morgan fingerprint density at radius 1 is 1.04 bits per heavy atom. The van der Waals surface area contributed by atoms with Gasteiger partial charge in [-0.25, -0.2) is 14.4 Å². The number of halogens is 2. The van der Waals surface area contributed by atoms with Gasteiger partial charge in [0.25, 0.3) is 0 Å². The van der Waals surface area contributed by atoms with Crippen molar-refractivity contribution in [2.24, 2.45) is 0 Å². The first kappa shape index (κ1) is 18.5. The molecule has 0 radical (unpaired) electrons. The van der Waals surface area contributed by atoms with E-state index in [2.05, 4.69) is 15.3 Å². The van der Waals surface area contributed by atoms with Crippen LogP contribution in [-0.4, -0.2) is 24.2 Å². The molecule has 0 atom stereocenters. The smallest absolute Gasteiger partial charge is 0.144 e. The third-order valence-corrected chi connectivity index (χ3v) is 5.43. The van der Waals surface area contributed by atoms with Crippen LogP contribution in [-0.2, 0) is 0 Å². The number of methoxy groups -OCH3 is 2. The van der Waals surface area contributed by atoms with E-state index in [0.29, 0.717) is 28.0 Å². The summed E-state index contributed by atoms with van der Waals surface area (Å²) in [4.78, 5) is 9.58. The fourth-order valence-corrected chi connectivity index (χ4v) is 4.04. The number of nitrogens with one attached hydrogen (secondary N) is 1. The van der Waals surface area contributed by atoms with Crippen LogP contribution < -0.4 is 14.8 Å². The van der Waals surface area contributed by atoms with E-state index in [9.17, 15) is 4.39 Å². The highest BCUT2D eigenvalue weighted by Crippen LogP contribution is 2.41. The first-order valence-electron chi connectivity index (χ1n) is 8.27. The second-order valence-corrected chi connectivity index (χ2v) is 7.14. The standard InChI is InChI=1S/C20H15ClFN3O2S/c1-26-16-8-15(17(27-2)7-14(16)21)25-19-18-13(9-28-20(18)24-10-23-19)11-3-5-12(22)6-4-11/h3-10H,1-2H3,(H,23,24,25). The van der Waals surface area contributed by atoms with Crippen LogP contribution in [0, 0.1) is 5.82 Å². The Morgan fingerprint density at radius 2 is 1.79 bits per heavy atom. The van der Waals surface area contributed by atoms with E-state index in [1.54, 1.807) is 38.5 Å². The van der Waals surface area contributed by atoms with E-state index in [4.69, 9.17) is 21.1 Å². The molecule has 0 unspecified atom stereocenters. The number of fused-ring (bicyclic) bond motifs is 1. The van der Waals surface area contributed by atoms with Gasteiger partial charge in [-0.1, -0.05) is 23.7 Å². The molecule has 0 amide bonds. The zero-order chi connectivity index (χ0) is 19.7. The number of thiophene rings is 1. The largest absolute Gasteiger partial charge is 0.495 e. The molecule has 142 valence electrons. The monoisotopic (exact) mass is 415 g/mol. The van der Waals surface area contributed by atoms with E-state index in [-0.39, 0.29) is 5.82 Å². The van der Waals surface area contributed by atoms with E-state index in [1.807, 2.05) is 5.38 Å². The average Bonchev–Trinajstić information content (AvgIpc) is 3.14. The second kappa shape index (κ2) is 7.61. The Labute approximate surface area is 169 Å². The molecule has 0 saturated carbocycles. The number of nitrogens with zero attached hydrogens (tertiary/aromatic N) is 2. The maximum absolute atomic E-state index is 13.3. The normalized spacial score (nSPS) is 10.9. The van der Waals surface area contributed by atoms with Gasteiger partial charge in [0.1, 0.15) is 34.3 Å². The summed E-state index contributed by atoms with van der Waals surface area (Å²) in [6.45, 7) is 0. The Balaban J connectivity index is 1.84. The van der Waals surface area contributed by atoms with Crippen LogP contribution in [0.2, 0.25) is 5.02 Å². The van der Waals surface area contributed by atoms with Crippen molar-refractivity contribution in [3.8, 4) is 22.6 Å². The van der Waals surface area contributed by atoms with Gasteiger partial charge >= 0.3 is 0 Å². The summed E-state index contributed by atoms with van der Waals surface area (Å²) in [5.74, 6) is 1.39. The molecule has 0 aliphatic carbocycles. The molecule has 0 aliphatic rings.